The van der Waals surface area contributed by atoms with Crippen molar-refractivity contribution in [1.82, 2.24) is 0 Å². The van der Waals surface area contributed by atoms with Gasteiger partial charge >= 0.3 is 5.97 Å². The highest BCUT2D eigenvalue weighted by atomic mass is 32.1. The van der Waals surface area contributed by atoms with Gasteiger partial charge in [-0.1, -0.05) is 0 Å². The number of amides is 1. The van der Waals surface area contributed by atoms with Gasteiger partial charge in [0.1, 0.15) is 24.5 Å². The average molecular weight is 283 g/mol. The van der Waals surface area contributed by atoms with Crippen LogP contribution in [0.25, 0.3) is 0 Å². The molecule has 1 aromatic rings. The lowest BCUT2D eigenvalue weighted by Crippen LogP contribution is -2.21. The number of thiophene rings is 1. The Bertz CT molecular complexity index is 508. The SMILES string of the molecule is CCOC(=O)c1ccsc1NC(=O)C1=COCCO1. The fraction of sp³-hybridized carbons (Fsp3) is 0.333. The van der Waals surface area contributed by atoms with Gasteiger partial charge in [-0.05, 0) is 18.4 Å². The van der Waals surface area contributed by atoms with Crippen LogP contribution in [0, 0.1) is 0 Å². The van der Waals surface area contributed by atoms with E-state index in [0.29, 0.717) is 23.8 Å². The highest BCUT2D eigenvalue weighted by molar-refractivity contribution is 7.14. The van der Waals surface area contributed by atoms with E-state index in [1.807, 2.05) is 0 Å². The molecule has 19 heavy (non-hydrogen) atoms. The Morgan fingerprint density at radius 1 is 1.47 bits per heavy atom. The molecule has 1 amide bonds. The van der Waals surface area contributed by atoms with Crippen LogP contribution in [0.3, 0.4) is 0 Å². The van der Waals surface area contributed by atoms with Crippen molar-refractivity contribution in [1.29, 1.82) is 0 Å². The minimum absolute atomic E-state index is 0.0921. The van der Waals surface area contributed by atoms with Crippen molar-refractivity contribution < 1.29 is 23.8 Å². The summed E-state index contributed by atoms with van der Waals surface area (Å²) in [4.78, 5) is 23.5. The lowest BCUT2D eigenvalue weighted by atomic mass is 10.3. The molecule has 0 saturated heterocycles. The molecule has 0 aromatic carbocycles. The van der Waals surface area contributed by atoms with Crippen molar-refractivity contribution >= 4 is 28.2 Å². The molecule has 1 aromatic heterocycles. The summed E-state index contributed by atoms with van der Waals surface area (Å²) in [6.07, 6.45) is 1.26. The Hall–Kier alpha value is -2.02. The minimum atomic E-state index is -0.464. The second kappa shape index (κ2) is 6.24. The van der Waals surface area contributed by atoms with E-state index in [9.17, 15) is 9.59 Å². The summed E-state index contributed by atoms with van der Waals surface area (Å²) in [6, 6.07) is 1.60. The van der Waals surface area contributed by atoms with Gasteiger partial charge in [-0.2, -0.15) is 0 Å². The lowest BCUT2D eigenvalue weighted by Gasteiger charge is -2.14. The van der Waals surface area contributed by atoms with Gasteiger partial charge in [0.15, 0.2) is 0 Å². The zero-order chi connectivity index (χ0) is 13.7. The van der Waals surface area contributed by atoms with Crippen molar-refractivity contribution in [2.75, 3.05) is 25.1 Å². The van der Waals surface area contributed by atoms with E-state index in [-0.39, 0.29) is 12.4 Å². The Kier molecular flexibility index (Phi) is 4.40. The molecule has 0 saturated carbocycles. The molecule has 1 aliphatic rings. The summed E-state index contributed by atoms with van der Waals surface area (Å²) < 4.78 is 15.1. The maximum atomic E-state index is 11.9. The monoisotopic (exact) mass is 283 g/mol. The van der Waals surface area contributed by atoms with E-state index >= 15 is 0 Å². The number of hydrogen-bond donors (Lipinski definition) is 1. The van der Waals surface area contributed by atoms with Crippen LogP contribution in [-0.2, 0) is 19.0 Å². The van der Waals surface area contributed by atoms with Gasteiger partial charge in [0.2, 0.25) is 5.76 Å². The van der Waals surface area contributed by atoms with Crippen LogP contribution < -0.4 is 5.32 Å². The Labute approximate surface area is 114 Å². The maximum absolute atomic E-state index is 11.9. The molecule has 1 aliphatic heterocycles. The molecule has 2 heterocycles. The van der Waals surface area contributed by atoms with E-state index in [1.165, 1.54) is 17.6 Å². The van der Waals surface area contributed by atoms with Gasteiger partial charge in [0.25, 0.3) is 5.91 Å². The molecule has 0 spiro atoms. The van der Waals surface area contributed by atoms with Crippen LogP contribution in [0.5, 0.6) is 0 Å². The van der Waals surface area contributed by atoms with Gasteiger partial charge in [0, 0.05) is 0 Å². The normalized spacial score (nSPS) is 13.8. The molecule has 2 rings (SSSR count). The van der Waals surface area contributed by atoms with Gasteiger partial charge in [-0.3, -0.25) is 4.79 Å². The quantitative estimate of drug-likeness (QED) is 0.852. The van der Waals surface area contributed by atoms with Crippen LogP contribution in [-0.4, -0.2) is 31.7 Å². The number of ether oxygens (including phenoxy) is 3. The van der Waals surface area contributed by atoms with Gasteiger partial charge in [-0.25, -0.2) is 4.79 Å². The summed E-state index contributed by atoms with van der Waals surface area (Å²) in [6.45, 7) is 2.75. The molecular formula is C12H13NO5S. The zero-order valence-corrected chi connectivity index (χ0v) is 11.1. The number of rotatable bonds is 4. The summed E-state index contributed by atoms with van der Waals surface area (Å²) in [5, 5.41) is 4.74. The van der Waals surface area contributed by atoms with E-state index in [0.717, 1.165) is 0 Å². The predicted octanol–water partition coefficient (Wildman–Crippen LogP) is 1.75. The van der Waals surface area contributed by atoms with Crippen molar-refractivity contribution in [3.05, 3.63) is 29.0 Å². The topological polar surface area (TPSA) is 73.9 Å². The molecule has 0 fully saturated rings. The van der Waals surface area contributed by atoms with Crippen LogP contribution in [0.2, 0.25) is 0 Å². The summed E-state index contributed by atoms with van der Waals surface area (Å²) in [7, 11) is 0. The molecule has 0 bridgehead atoms. The fourth-order valence-corrected chi connectivity index (χ4v) is 2.20. The van der Waals surface area contributed by atoms with E-state index < -0.39 is 11.9 Å². The third-order valence-corrected chi connectivity index (χ3v) is 3.09. The number of anilines is 1. The van der Waals surface area contributed by atoms with E-state index in [1.54, 1.807) is 18.4 Å². The summed E-state index contributed by atoms with van der Waals surface area (Å²) in [5.74, 6) is -0.823. The zero-order valence-electron chi connectivity index (χ0n) is 10.3. The van der Waals surface area contributed by atoms with Crippen molar-refractivity contribution in [2.45, 2.75) is 6.92 Å². The smallest absolute Gasteiger partial charge is 0.341 e. The number of nitrogens with one attached hydrogen (secondary N) is 1. The largest absolute Gasteiger partial charge is 0.494 e. The first-order valence-corrected chi connectivity index (χ1v) is 6.61. The van der Waals surface area contributed by atoms with Crippen molar-refractivity contribution in [3.8, 4) is 0 Å². The number of carbonyl (C=O) groups is 2. The molecular weight excluding hydrogens is 270 g/mol. The second-order valence-electron chi connectivity index (χ2n) is 3.54. The van der Waals surface area contributed by atoms with E-state index in [4.69, 9.17) is 14.2 Å². The molecule has 6 nitrogen and oxygen atoms in total. The van der Waals surface area contributed by atoms with Gasteiger partial charge in [0.05, 0.1) is 12.2 Å². The molecule has 7 heteroatoms. The standard InChI is InChI=1S/C12H13NO5S/c1-2-17-12(15)8-3-6-19-11(8)13-10(14)9-7-16-4-5-18-9/h3,6-7H,2,4-5H2,1H3,(H,13,14). The predicted molar refractivity (Wildman–Crippen MR) is 68.9 cm³/mol. The van der Waals surface area contributed by atoms with Gasteiger partial charge in [-0.15, -0.1) is 11.3 Å². The van der Waals surface area contributed by atoms with Crippen LogP contribution in [0.15, 0.2) is 23.5 Å². The number of esters is 1. The number of hydrogen-bond acceptors (Lipinski definition) is 6. The number of carbonyl (C=O) groups excluding carboxylic acids is 2. The second-order valence-corrected chi connectivity index (χ2v) is 4.46. The first kappa shape index (κ1) is 13.4. The maximum Gasteiger partial charge on any atom is 0.341 e. The Balaban J connectivity index is 2.07. The highest BCUT2D eigenvalue weighted by Gasteiger charge is 2.20. The van der Waals surface area contributed by atoms with Gasteiger partial charge < -0.3 is 19.5 Å². The molecule has 0 radical (unpaired) electrons. The van der Waals surface area contributed by atoms with Crippen molar-refractivity contribution in [3.63, 3.8) is 0 Å². The van der Waals surface area contributed by atoms with Crippen molar-refractivity contribution in [2.24, 2.45) is 0 Å². The van der Waals surface area contributed by atoms with Crippen LogP contribution >= 0.6 is 11.3 Å². The molecule has 0 aliphatic carbocycles. The third kappa shape index (κ3) is 3.25. The molecule has 1 N–H and O–H groups in total. The average Bonchev–Trinajstić information content (AvgIpc) is 2.88. The van der Waals surface area contributed by atoms with Crippen LogP contribution in [0.1, 0.15) is 17.3 Å². The lowest BCUT2D eigenvalue weighted by molar-refractivity contribution is -0.117. The molecule has 0 unspecified atom stereocenters. The third-order valence-electron chi connectivity index (χ3n) is 2.26. The Morgan fingerprint density at radius 2 is 2.32 bits per heavy atom. The first-order valence-electron chi connectivity index (χ1n) is 5.73. The Morgan fingerprint density at radius 3 is 3.00 bits per heavy atom. The summed E-state index contributed by atoms with van der Waals surface area (Å²) >= 11 is 1.24. The molecule has 102 valence electrons. The minimum Gasteiger partial charge on any atom is -0.494 e. The first-order chi connectivity index (χ1) is 9.22. The van der Waals surface area contributed by atoms with Crippen LogP contribution in [0.4, 0.5) is 5.00 Å². The molecule has 0 atom stereocenters. The highest BCUT2D eigenvalue weighted by Crippen LogP contribution is 2.24. The summed E-state index contributed by atoms with van der Waals surface area (Å²) in [5.41, 5.74) is 0.331. The van der Waals surface area contributed by atoms with E-state index in [2.05, 4.69) is 5.32 Å². The fourth-order valence-electron chi connectivity index (χ4n) is 1.43.